The van der Waals surface area contributed by atoms with E-state index >= 15 is 0 Å². The summed E-state index contributed by atoms with van der Waals surface area (Å²) in [6, 6.07) is 3.41. The first-order chi connectivity index (χ1) is 8.99. The quantitative estimate of drug-likeness (QED) is 0.553. The van der Waals surface area contributed by atoms with Gasteiger partial charge in [-0.15, -0.1) is 11.8 Å². The molecular formula is C12H15IN2O3S. The van der Waals surface area contributed by atoms with Gasteiger partial charge in [0.2, 0.25) is 9.70 Å². The molecule has 1 heterocycles. The molecule has 0 unspecified atom stereocenters. The van der Waals surface area contributed by atoms with E-state index in [4.69, 9.17) is 0 Å². The average molecular weight is 394 g/mol. The van der Waals surface area contributed by atoms with Crippen molar-refractivity contribution in [1.29, 1.82) is 0 Å². The van der Waals surface area contributed by atoms with Gasteiger partial charge in [-0.3, -0.25) is 14.4 Å². The first-order valence-electron chi connectivity index (χ1n) is 5.69. The summed E-state index contributed by atoms with van der Waals surface area (Å²) in [5, 5.41) is 2.71. The molecule has 0 saturated heterocycles. The van der Waals surface area contributed by atoms with Crippen LogP contribution < -0.4 is 10.9 Å². The number of carbonyl (C=O) groups excluding carboxylic acids is 2. The Kier molecular flexibility index (Phi) is 7.14. The number of halogens is 1. The number of pyridine rings is 1. The molecule has 1 aromatic heterocycles. The SMILES string of the molecule is Cc1ccn(CCNC(=O)CSCC(=O)I)c(=O)c1. The number of aromatic nitrogens is 1. The lowest BCUT2D eigenvalue weighted by atomic mass is 10.3. The number of rotatable bonds is 7. The third-order valence-corrected chi connectivity index (χ3v) is 4.11. The van der Waals surface area contributed by atoms with Crippen LogP contribution in [0.4, 0.5) is 0 Å². The topological polar surface area (TPSA) is 68.2 Å². The third kappa shape index (κ3) is 6.76. The predicted octanol–water partition coefficient (Wildman–Crippen LogP) is 0.968. The van der Waals surface area contributed by atoms with Crippen molar-refractivity contribution in [2.45, 2.75) is 13.5 Å². The number of nitrogens with zero attached hydrogens (tertiary/aromatic N) is 1. The third-order valence-electron chi connectivity index (χ3n) is 2.28. The molecule has 1 aromatic rings. The van der Waals surface area contributed by atoms with Crippen LogP contribution in [0, 0.1) is 6.92 Å². The first-order valence-corrected chi connectivity index (χ1v) is 7.92. The second-order valence-electron chi connectivity index (χ2n) is 3.93. The van der Waals surface area contributed by atoms with Crippen molar-refractivity contribution in [3.8, 4) is 0 Å². The van der Waals surface area contributed by atoms with Gasteiger partial charge in [0.1, 0.15) is 0 Å². The molecule has 0 saturated carbocycles. The van der Waals surface area contributed by atoms with Gasteiger partial charge in [-0.2, -0.15) is 0 Å². The summed E-state index contributed by atoms with van der Waals surface area (Å²) in [6.07, 6.45) is 1.72. The number of hydrogen-bond acceptors (Lipinski definition) is 4. The van der Waals surface area contributed by atoms with Crippen LogP contribution in [0.3, 0.4) is 0 Å². The van der Waals surface area contributed by atoms with Crippen LogP contribution in [0.2, 0.25) is 0 Å². The molecular weight excluding hydrogens is 379 g/mol. The smallest absolute Gasteiger partial charge is 0.250 e. The van der Waals surface area contributed by atoms with Gasteiger partial charge < -0.3 is 9.88 Å². The van der Waals surface area contributed by atoms with Gasteiger partial charge in [0.05, 0.1) is 11.5 Å². The van der Waals surface area contributed by atoms with Crippen molar-refractivity contribution in [2.24, 2.45) is 0 Å². The Bertz CT molecular complexity index is 516. The largest absolute Gasteiger partial charge is 0.354 e. The molecule has 0 aromatic carbocycles. The minimum atomic E-state index is -0.122. The average Bonchev–Trinajstić information content (AvgIpc) is 2.31. The lowest BCUT2D eigenvalue weighted by Crippen LogP contribution is -2.31. The van der Waals surface area contributed by atoms with Crippen molar-refractivity contribution in [1.82, 2.24) is 9.88 Å². The second kappa shape index (κ2) is 8.36. The zero-order valence-electron chi connectivity index (χ0n) is 10.5. The summed E-state index contributed by atoms with van der Waals surface area (Å²) < 4.78 is 1.58. The van der Waals surface area contributed by atoms with E-state index in [0.29, 0.717) is 18.8 Å². The maximum Gasteiger partial charge on any atom is 0.250 e. The molecule has 1 N–H and O–H groups in total. The van der Waals surface area contributed by atoms with Crippen molar-refractivity contribution in [3.05, 3.63) is 34.2 Å². The summed E-state index contributed by atoms with van der Waals surface area (Å²) in [5.74, 6) is 0.478. The molecule has 0 aliphatic rings. The van der Waals surface area contributed by atoms with E-state index in [-0.39, 0.29) is 21.0 Å². The Labute approximate surface area is 129 Å². The summed E-state index contributed by atoms with van der Waals surface area (Å²) in [4.78, 5) is 33.7. The molecule has 104 valence electrons. The van der Waals surface area contributed by atoms with Gasteiger partial charge in [0.15, 0.2) is 0 Å². The van der Waals surface area contributed by atoms with E-state index in [2.05, 4.69) is 5.32 Å². The minimum Gasteiger partial charge on any atom is -0.354 e. The molecule has 0 radical (unpaired) electrons. The Hall–Kier alpha value is -0.830. The monoisotopic (exact) mass is 394 g/mol. The van der Waals surface area contributed by atoms with Crippen LogP contribution >= 0.6 is 34.4 Å². The number of amides is 1. The maximum atomic E-state index is 11.6. The number of thioether (sulfide) groups is 1. The fourth-order valence-electron chi connectivity index (χ4n) is 1.38. The molecule has 0 atom stereocenters. The van der Waals surface area contributed by atoms with E-state index < -0.39 is 0 Å². The Morgan fingerprint density at radius 1 is 1.42 bits per heavy atom. The molecule has 0 aliphatic heterocycles. The molecule has 5 nitrogen and oxygen atoms in total. The zero-order valence-corrected chi connectivity index (χ0v) is 13.5. The fraction of sp³-hybridized carbons (Fsp3) is 0.417. The molecule has 7 heteroatoms. The normalized spacial score (nSPS) is 10.2. The molecule has 1 amide bonds. The summed E-state index contributed by atoms with van der Waals surface area (Å²) in [6.45, 7) is 2.71. The highest BCUT2D eigenvalue weighted by Crippen LogP contribution is 2.02. The van der Waals surface area contributed by atoms with E-state index in [9.17, 15) is 14.4 Å². The van der Waals surface area contributed by atoms with Crippen molar-refractivity contribution >= 4 is 44.0 Å². The standard InChI is InChI=1S/C12H15IN2O3S/c1-9-2-4-15(12(18)6-9)5-3-14-11(17)8-19-7-10(13)16/h2,4,6H,3,5,7-8H2,1H3,(H,14,17). The summed E-state index contributed by atoms with van der Waals surface area (Å²) in [5.41, 5.74) is 0.851. The van der Waals surface area contributed by atoms with Gasteiger partial charge >= 0.3 is 0 Å². The van der Waals surface area contributed by atoms with Gasteiger partial charge in [0.25, 0.3) is 5.56 Å². The Morgan fingerprint density at radius 3 is 2.79 bits per heavy atom. The van der Waals surface area contributed by atoms with Crippen molar-refractivity contribution in [2.75, 3.05) is 18.1 Å². The molecule has 0 spiro atoms. The Morgan fingerprint density at radius 2 is 2.16 bits per heavy atom. The Balaban J connectivity index is 2.28. The van der Waals surface area contributed by atoms with E-state index in [1.165, 1.54) is 11.8 Å². The van der Waals surface area contributed by atoms with Gasteiger partial charge in [-0.05, 0) is 18.6 Å². The highest BCUT2D eigenvalue weighted by molar-refractivity contribution is 14.1. The predicted molar refractivity (Wildman–Crippen MR) is 84.8 cm³/mol. The lowest BCUT2D eigenvalue weighted by molar-refractivity contribution is -0.118. The first kappa shape index (κ1) is 16.2. The zero-order chi connectivity index (χ0) is 14.3. The van der Waals surface area contributed by atoms with Crippen LogP contribution in [-0.4, -0.2) is 32.3 Å². The fourth-order valence-corrected chi connectivity index (χ4v) is 2.59. The minimum absolute atomic E-state index is 0.0293. The highest BCUT2D eigenvalue weighted by atomic mass is 127. The number of carbonyl (C=O) groups is 2. The summed E-state index contributed by atoms with van der Waals surface area (Å²) >= 11 is 2.99. The molecule has 0 fully saturated rings. The van der Waals surface area contributed by atoms with Gasteiger partial charge in [-0.25, -0.2) is 0 Å². The van der Waals surface area contributed by atoms with Crippen LogP contribution in [-0.2, 0) is 16.1 Å². The van der Waals surface area contributed by atoms with Crippen LogP contribution in [0.15, 0.2) is 23.1 Å². The molecule has 19 heavy (non-hydrogen) atoms. The number of nitrogens with one attached hydrogen (secondary N) is 1. The van der Waals surface area contributed by atoms with Gasteiger partial charge in [0, 0.05) is 47.9 Å². The molecule has 0 bridgehead atoms. The number of hydrogen-bond donors (Lipinski definition) is 1. The van der Waals surface area contributed by atoms with Crippen molar-refractivity contribution < 1.29 is 9.59 Å². The number of aryl methyl sites for hydroxylation is 1. The van der Waals surface area contributed by atoms with E-state index in [1.54, 1.807) is 39.4 Å². The van der Waals surface area contributed by atoms with E-state index in [0.717, 1.165) is 5.56 Å². The van der Waals surface area contributed by atoms with Crippen LogP contribution in [0.25, 0.3) is 0 Å². The van der Waals surface area contributed by atoms with Crippen LogP contribution in [0.5, 0.6) is 0 Å². The highest BCUT2D eigenvalue weighted by Gasteiger charge is 2.03. The molecule has 1 rings (SSSR count). The van der Waals surface area contributed by atoms with Crippen molar-refractivity contribution in [3.63, 3.8) is 0 Å². The summed E-state index contributed by atoms with van der Waals surface area (Å²) in [7, 11) is 0. The molecule has 0 aliphatic carbocycles. The lowest BCUT2D eigenvalue weighted by Gasteiger charge is -2.07. The van der Waals surface area contributed by atoms with E-state index in [1.807, 2.05) is 13.0 Å². The second-order valence-corrected chi connectivity index (χ2v) is 6.12. The van der Waals surface area contributed by atoms with Gasteiger partial charge in [-0.1, -0.05) is 0 Å². The maximum absolute atomic E-state index is 11.6. The van der Waals surface area contributed by atoms with Crippen LogP contribution in [0.1, 0.15) is 5.56 Å².